The van der Waals surface area contributed by atoms with Crippen molar-refractivity contribution in [1.82, 2.24) is 10.2 Å². The number of methoxy groups -OCH3 is 2. The highest BCUT2D eigenvalue weighted by molar-refractivity contribution is 7.80. The number of hydrogen-bond donors (Lipinski definition) is 1. The predicted octanol–water partition coefficient (Wildman–Crippen LogP) is 3.60. The lowest BCUT2D eigenvalue weighted by molar-refractivity contribution is 0.371. The van der Waals surface area contributed by atoms with E-state index in [0.717, 1.165) is 66.5 Å². The molecule has 0 aliphatic carbocycles. The van der Waals surface area contributed by atoms with Gasteiger partial charge in [0.1, 0.15) is 11.5 Å². The average Bonchev–Trinajstić information content (AvgIpc) is 2.74. The molecule has 1 heterocycles. The van der Waals surface area contributed by atoms with Gasteiger partial charge in [0.25, 0.3) is 0 Å². The molecule has 1 N–H and O–H groups in total. The molecule has 2 aromatic rings. The molecule has 0 atom stereocenters. The summed E-state index contributed by atoms with van der Waals surface area (Å²) in [6.45, 7) is 4.35. The summed E-state index contributed by atoms with van der Waals surface area (Å²) in [5, 5.41) is 4.95. The van der Waals surface area contributed by atoms with Crippen LogP contribution in [0.25, 0.3) is 0 Å². The first kappa shape index (κ1) is 20.6. The van der Waals surface area contributed by atoms with Crippen LogP contribution in [0.5, 0.6) is 11.5 Å². The lowest BCUT2D eigenvalue weighted by Gasteiger charge is -2.38. The highest BCUT2D eigenvalue weighted by atomic mass is 35.5. The van der Waals surface area contributed by atoms with Gasteiger partial charge in [0.05, 0.1) is 19.9 Å². The molecule has 28 heavy (non-hydrogen) atoms. The normalized spacial score (nSPS) is 14.0. The molecule has 0 bridgehead atoms. The maximum absolute atomic E-state index is 5.93. The standard InChI is InChI=1S/C21H26ClN3O2S/c1-26-18-7-8-19(20(15-18)27-2)24-11-13-25(14-12-24)21(28)23-10-9-16-3-5-17(22)6-4-16/h3-8,15H,9-14H2,1-2H3,(H,23,28). The Morgan fingerprint density at radius 1 is 1.04 bits per heavy atom. The molecule has 0 aromatic heterocycles. The number of nitrogens with one attached hydrogen (secondary N) is 1. The van der Waals surface area contributed by atoms with Gasteiger partial charge in [-0.05, 0) is 48.5 Å². The number of thiocarbonyl (C=S) groups is 1. The third kappa shape index (κ3) is 5.20. The van der Waals surface area contributed by atoms with Gasteiger partial charge in [0, 0.05) is 43.8 Å². The van der Waals surface area contributed by atoms with Crippen LogP contribution in [0.15, 0.2) is 42.5 Å². The summed E-state index contributed by atoms with van der Waals surface area (Å²) in [6, 6.07) is 13.9. The van der Waals surface area contributed by atoms with E-state index < -0.39 is 0 Å². The first-order valence-electron chi connectivity index (χ1n) is 9.35. The van der Waals surface area contributed by atoms with E-state index in [-0.39, 0.29) is 0 Å². The maximum atomic E-state index is 5.93. The highest BCUT2D eigenvalue weighted by Gasteiger charge is 2.21. The lowest BCUT2D eigenvalue weighted by Crippen LogP contribution is -2.52. The molecule has 150 valence electrons. The molecule has 1 aliphatic rings. The maximum Gasteiger partial charge on any atom is 0.169 e. The van der Waals surface area contributed by atoms with Gasteiger partial charge in [-0.25, -0.2) is 0 Å². The van der Waals surface area contributed by atoms with Crippen molar-refractivity contribution < 1.29 is 9.47 Å². The molecule has 2 aromatic carbocycles. The summed E-state index contributed by atoms with van der Waals surface area (Å²) in [6.07, 6.45) is 0.917. The van der Waals surface area contributed by atoms with Crippen molar-refractivity contribution in [2.24, 2.45) is 0 Å². The number of benzene rings is 2. The predicted molar refractivity (Wildman–Crippen MR) is 119 cm³/mol. The summed E-state index contributed by atoms with van der Waals surface area (Å²) < 4.78 is 10.8. The second-order valence-corrected chi connectivity index (χ2v) is 7.44. The Balaban J connectivity index is 1.48. The van der Waals surface area contributed by atoms with Crippen LogP contribution in [0, 0.1) is 0 Å². The Morgan fingerprint density at radius 2 is 1.75 bits per heavy atom. The minimum Gasteiger partial charge on any atom is -0.497 e. The van der Waals surface area contributed by atoms with E-state index in [9.17, 15) is 0 Å². The molecule has 5 nitrogen and oxygen atoms in total. The third-order valence-electron chi connectivity index (χ3n) is 4.90. The second kappa shape index (κ2) is 9.85. The van der Waals surface area contributed by atoms with Crippen molar-refractivity contribution in [3.8, 4) is 11.5 Å². The molecule has 1 aliphatic heterocycles. The summed E-state index contributed by atoms with van der Waals surface area (Å²) in [5.41, 5.74) is 2.33. The molecule has 0 saturated carbocycles. The topological polar surface area (TPSA) is 37.0 Å². The Bertz CT molecular complexity index is 793. The van der Waals surface area contributed by atoms with E-state index in [2.05, 4.69) is 21.2 Å². The number of hydrogen-bond acceptors (Lipinski definition) is 4. The molecule has 0 amide bonds. The van der Waals surface area contributed by atoms with Crippen LogP contribution in [0.2, 0.25) is 5.02 Å². The Labute approximate surface area is 177 Å². The molecule has 7 heteroatoms. The second-order valence-electron chi connectivity index (χ2n) is 6.62. The van der Waals surface area contributed by atoms with E-state index in [4.69, 9.17) is 33.3 Å². The average molecular weight is 420 g/mol. The number of nitrogens with zero attached hydrogens (tertiary/aromatic N) is 2. The van der Waals surface area contributed by atoms with Crippen LogP contribution < -0.4 is 19.7 Å². The first-order valence-corrected chi connectivity index (χ1v) is 10.1. The van der Waals surface area contributed by atoms with E-state index in [1.807, 2.05) is 36.4 Å². The zero-order valence-electron chi connectivity index (χ0n) is 16.3. The zero-order chi connectivity index (χ0) is 19.9. The van der Waals surface area contributed by atoms with Crippen LogP contribution in [0.1, 0.15) is 5.56 Å². The van der Waals surface area contributed by atoms with Crippen molar-refractivity contribution >= 4 is 34.6 Å². The highest BCUT2D eigenvalue weighted by Crippen LogP contribution is 2.32. The minimum absolute atomic E-state index is 0.763. The van der Waals surface area contributed by atoms with Crippen molar-refractivity contribution in [1.29, 1.82) is 0 Å². The first-order chi connectivity index (χ1) is 13.6. The SMILES string of the molecule is COc1ccc(N2CCN(C(=S)NCCc3ccc(Cl)cc3)CC2)c(OC)c1. The number of piperazine rings is 1. The largest absolute Gasteiger partial charge is 0.497 e. The fraction of sp³-hybridized carbons (Fsp3) is 0.381. The van der Waals surface area contributed by atoms with E-state index in [1.54, 1.807) is 14.2 Å². The van der Waals surface area contributed by atoms with Gasteiger partial charge >= 0.3 is 0 Å². The van der Waals surface area contributed by atoms with Crippen molar-refractivity contribution in [3.63, 3.8) is 0 Å². The molecule has 0 unspecified atom stereocenters. The van der Waals surface area contributed by atoms with E-state index in [1.165, 1.54) is 5.56 Å². The smallest absolute Gasteiger partial charge is 0.169 e. The third-order valence-corrected chi connectivity index (χ3v) is 5.55. The summed E-state index contributed by atoms with van der Waals surface area (Å²) in [7, 11) is 3.35. The van der Waals surface area contributed by atoms with Crippen LogP contribution in [0.4, 0.5) is 5.69 Å². The summed E-state index contributed by atoms with van der Waals surface area (Å²) in [4.78, 5) is 4.55. The van der Waals surface area contributed by atoms with Gasteiger partial charge < -0.3 is 24.6 Å². The van der Waals surface area contributed by atoms with Gasteiger partial charge in [-0.3, -0.25) is 0 Å². The van der Waals surface area contributed by atoms with Crippen molar-refractivity contribution in [3.05, 3.63) is 53.1 Å². The van der Waals surface area contributed by atoms with Gasteiger partial charge in [-0.1, -0.05) is 23.7 Å². The van der Waals surface area contributed by atoms with Gasteiger partial charge in [0.2, 0.25) is 0 Å². The fourth-order valence-electron chi connectivity index (χ4n) is 3.27. The molecule has 1 fully saturated rings. The number of ether oxygens (including phenoxy) is 2. The number of anilines is 1. The van der Waals surface area contributed by atoms with Gasteiger partial charge in [0.15, 0.2) is 5.11 Å². The summed E-state index contributed by atoms with van der Waals surface area (Å²) >= 11 is 11.5. The molecular formula is C21H26ClN3O2S. The van der Waals surface area contributed by atoms with Crippen LogP contribution in [-0.4, -0.2) is 57.0 Å². The monoisotopic (exact) mass is 419 g/mol. The van der Waals surface area contributed by atoms with Crippen LogP contribution in [0.3, 0.4) is 0 Å². The van der Waals surface area contributed by atoms with E-state index >= 15 is 0 Å². The van der Waals surface area contributed by atoms with Gasteiger partial charge in [-0.2, -0.15) is 0 Å². The molecule has 1 saturated heterocycles. The van der Waals surface area contributed by atoms with Crippen LogP contribution >= 0.6 is 23.8 Å². The number of halogens is 1. The molecule has 0 spiro atoms. The quantitative estimate of drug-likeness (QED) is 0.721. The summed E-state index contributed by atoms with van der Waals surface area (Å²) in [5.74, 6) is 1.63. The Kier molecular flexibility index (Phi) is 7.23. The van der Waals surface area contributed by atoms with Crippen molar-refractivity contribution in [2.75, 3.05) is 51.8 Å². The Hall–Kier alpha value is -2.18. The van der Waals surface area contributed by atoms with E-state index in [0.29, 0.717) is 0 Å². The minimum atomic E-state index is 0.763. The van der Waals surface area contributed by atoms with Crippen molar-refractivity contribution in [2.45, 2.75) is 6.42 Å². The van der Waals surface area contributed by atoms with Crippen LogP contribution in [-0.2, 0) is 6.42 Å². The zero-order valence-corrected chi connectivity index (χ0v) is 17.9. The molecule has 3 rings (SSSR count). The number of rotatable bonds is 6. The Morgan fingerprint density at radius 3 is 2.39 bits per heavy atom. The fourth-order valence-corrected chi connectivity index (χ4v) is 3.68. The van der Waals surface area contributed by atoms with Gasteiger partial charge in [-0.15, -0.1) is 0 Å². The molecule has 0 radical (unpaired) electrons. The molecular weight excluding hydrogens is 394 g/mol. The lowest BCUT2D eigenvalue weighted by atomic mass is 10.1.